The summed E-state index contributed by atoms with van der Waals surface area (Å²) in [5.41, 5.74) is 6.02. The number of nitrogen functional groups attached to an aromatic ring is 1. The fraction of sp³-hybridized carbons (Fsp3) is 0.0833. The van der Waals surface area contributed by atoms with Crippen LogP contribution in [0.3, 0.4) is 0 Å². The number of H-pyrrole nitrogens is 1. The van der Waals surface area contributed by atoms with Crippen LogP contribution in [0.25, 0.3) is 0 Å². The molecule has 0 saturated carbocycles. The quantitative estimate of drug-likeness (QED) is 0.700. The Morgan fingerprint density at radius 1 is 1.37 bits per heavy atom. The average Bonchev–Trinajstić information content (AvgIpc) is 2.41. The van der Waals surface area contributed by atoms with Crippen LogP contribution in [0.1, 0.15) is 10.4 Å². The number of hydrogen-bond donors (Lipinski definition) is 3. The molecule has 7 heteroatoms. The number of carbonyl (C=O) groups excluding carboxylic acids is 1. The number of amides is 1. The van der Waals surface area contributed by atoms with Crippen molar-refractivity contribution < 1.29 is 9.53 Å². The number of benzene rings is 1. The van der Waals surface area contributed by atoms with Crippen LogP contribution in [0.4, 0.5) is 11.5 Å². The smallest absolute Gasteiger partial charge is 0.264 e. The van der Waals surface area contributed by atoms with Crippen LogP contribution in [-0.2, 0) is 0 Å². The lowest BCUT2D eigenvalue weighted by Crippen LogP contribution is -2.17. The summed E-state index contributed by atoms with van der Waals surface area (Å²) in [6.45, 7) is 0. The van der Waals surface area contributed by atoms with E-state index in [0.29, 0.717) is 11.4 Å². The standard InChI is InChI=1S/C12H12N4O3/c1-19-11-7(3-2-4-8(11)13)12(18)14-9-5-6-10(17)16-15-9/h2-6H,13H2,1H3,(H,16,17)(H,14,15,18). The van der Waals surface area contributed by atoms with E-state index in [9.17, 15) is 9.59 Å². The first-order valence-electron chi connectivity index (χ1n) is 5.41. The Bertz CT molecular complexity index is 646. The van der Waals surface area contributed by atoms with Crippen molar-refractivity contribution >= 4 is 17.4 Å². The Balaban J connectivity index is 2.27. The van der Waals surface area contributed by atoms with E-state index in [-0.39, 0.29) is 16.9 Å². The predicted molar refractivity (Wildman–Crippen MR) is 70.2 cm³/mol. The maximum absolute atomic E-state index is 12.1. The molecule has 0 atom stereocenters. The summed E-state index contributed by atoms with van der Waals surface area (Å²) in [5, 5.41) is 8.43. The molecule has 0 aliphatic carbocycles. The van der Waals surface area contributed by atoms with Crippen molar-refractivity contribution in [2.24, 2.45) is 0 Å². The van der Waals surface area contributed by atoms with Gasteiger partial charge in [-0.05, 0) is 18.2 Å². The highest BCUT2D eigenvalue weighted by Crippen LogP contribution is 2.26. The minimum absolute atomic E-state index is 0.231. The number of ether oxygens (including phenoxy) is 1. The lowest BCUT2D eigenvalue weighted by Gasteiger charge is -2.10. The van der Waals surface area contributed by atoms with Gasteiger partial charge >= 0.3 is 0 Å². The molecule has 2 aromatic rings. The molecule has 7 nitrogen and oxygen atoms in total. The Morgan fingerprint density at radius 2 is 2.16 bits per heavy atom. The first-order valence-corrected chi connectivity index (χ1v) is 5.41. The van der Waals surface area contributed by atoms with Crippen LogP contribution in [0, 0.1) is 0 Å². The molecule has 1 heterocycles. The summed E-state index contributed by atoms with van der Waals surface area (Å²) in [7, 11) is 1.43. The SMILES string of the molecule is COc1c(N)cccc1C(=O)Nc1ccc(=O)[nH]n1. The van der Waals surface area contributed by atoms with Crippen molar-refractivity contribution in [1.29, 1.82) is 0 Å². The van der Waals surface area contributed by atoms with Crippen molar-refractivity contribution in [2.45, 2.75) is 0 Å². The van der Waals surface area contributed by atoms with Crippen LogP contribution < -0.4 is 21.3 Å². The van der Waals surface area contributed by atoms with E-state index in [0.717, 1.165) is 0 Å². The molecule has 0 spiro atoms. The topological polar surface area (TPSA) is 110 Å². The second kappa shape index (κ2) is 5.21. The molecule has 0 unspecified atom stereocenters. The molecule has 1 aromatic carbocycles. The summed E-state index contributed by atoms with van der Waals surface area (Å²) in [4.78, 5) is 22.9. The lowest BCUT2D eigenvalue weighted by molar-refractivity contribution is 0.102. The van der Waals surface area contributed by atoms with E-state index >= 15 is 0 Å². The van der Waals surface area contributed by atoms with Crippen LogP contribution in [0.5, 0.6) is 5.75 Å². The number of rotatable bonds is 3. The molecule has 0 bridgehead atoms. The van der Waals surface area contributed by atoms with Crippen molar-refractivity contribution in [1.82, 2.24) is 10.2 Å². The van der Waals surface area contributed by atoms with E-state index in [1.807, 2.05) is 0 Å². The normalized spacial score (nSPS) is 9.95. The monoisotopic (exact) mass is 260 g/mol. The molecule has 0 saturated heterocycles. The maximum atomic E-state index is 12.1. The Morgan fingerprint density at radius 3 is 2.79 bits per heavy atom. The molecule has 19 heavy (non-hydrogen) atoms. The van der Waals surface area contributed by atoms with Crippen molar-refractivity contribution in [3.8, 4) is 5.75 Å². The van der Waals surface area contributed by atoms with Crippen molar-refractivity contribution in [3.63, 3.8) is 0 Å². The van der Waals surface area contributed by atoms with Crippen LogP contribution in [0.2, 0.25) is 0 Å². The van der Waals surface area contributed by atoms with E-state index in [2.05, 4.69) is 15.5 Å². The molecule has 0 fully saturated rings. The molecule has 4 N–H and O–H groups in total. The minimum Gasteiger partial charge on any atom is -0.494 e. The Kier molecular flexibility index (Phi) is 3.46. The zero-order valence-corrected chi connectivity index (χ0v) is 10.1. The van der Waals surface area contributed by atoms with Gasteiger partial charge in [0.25, 0.3) is 11.5 Å². The third-order valence-corrected chi connectivity index (χ3v) is 2.41. The molecule has 0 aliphatic heterocycles. The molecule has 0 radical (unpaired) electrons. The first-order chi connectivity index (χ1) is 9.11. The molecule has 1 aromatic heterocycles. The van der Waals surface area contributed by atoms with Crippen LogP contribution >= 0.6 is 0 Å². The van der Waals surface area contributed by atoms with Crippen molar-refractivity contribution in [3.05, 3.63) is 46.2 Å². The fourth-order valence-corrected chi connectivity index (χ4v) is 1.56. The number of nitrogens with two attached hydrogens (primary N) is 1. The van der Waals surface area contributed by atoms with Gasteiger partial charge in [0.05, 0.1) is 18.4 Å². The van der Waals surface area contributed by atoms with Gasteiger partial charge in [0.15, 0.2) is 11.6 Å². The number of carbonyl (C=O) groups is 1. The van der Waals surface area contributed by atoms with Gasteiger partial charge in [0.1, 0.15) is 0 Å². The van der Waals surface area contributed by atoms with Gasteiger partial charge in [-0.15, -0.1) is 0 Å². The van der Waals surface area contributed by atoms with E-state index in [1.54, 1.807) is 18.2 Å². The van der Waals surface area contributed by atoms with E-state index in [1.165, 1.54) is 19.2 Å². The lowest BCUT2D eigenvalue weighted by atomic mass is 10.1. The van der Waals surface area contributed by atoms with Crippen LogP contribution in [0.15, 0.2) is 35.1 Å². The number of hydrogen-bond acceptors (Lipinski definition) is 5. The molecule has 1 amide bonds. The van der Waals surface area contributed by atoms with Gasteiger partial charge in [-0.25, -0.2) is 5.10 Å². The summed E-state index contributed by atoms with van der Waals surface area (Å²) in [6, 6.07) is 7.52. The molecule has 0 aliphatic rings. The summed E-state index contributed by atoms with van der Waals surface area (Å²) < 4.78 is 5.09. The summed E-state index contributed by atoms with van der Waals surface area (Å²) in [5.74, 6) is 0.0993. The molecule has 98 valence electrons. The van der Waals surface area contributed by atoms with E-state index in [4.69, 9.17) is 10.5 Å². The number of aromatic nitrogens is 2. The second-order valence-electron chi connectivity index (χ2n) is 3.69. The van der Waals surface area contributed by atoms with Gasteiger partial charge in [-0.2, -0.15) is 5.10 Å². The highest BCUT2D eigenvalue weighted by molar-refractivity contribution is 6.06. The maximum Gasteiger partial charge on any atom is 0.264 e. The number of anilines is 2. The number of nitrogens with one attached hydrogen (secondary N) is 2. The second-order valence-corrected chi connectivity index (χ2v) is 3.69. The highest BCUT2D eigenvalue weighted by Gasteiger charge is 2.14. The highest BCUT2D eigenvalue weighted by atomic mass is 16.5. The predicted octanol–water partition coefficient (Wildman–Crippen LogP) is 0.613. The van der Waals surface area contributed by atoms with Gasteiger partial charge in [0, 0.05) is 6.07 Å². The summed E-state index contributed by atoms with van der Waals surface area (Å²) in [6.07, 6.45) is 0. The molecular formula is C12H12N4O3. The average molecular weight is 260 g/mol. The fourth-order valence-electron chi connectivity index (χ4n) is 1.56. The summed E-state index contributed by atoms with van der Waals surface area (Å²) >= 11 is 0. The van der Waals surface area contributed by atoms with Gasteiger partial charge in [0.2, 0.25) is 0 Å². The molecule has 2 rings (SSSR count). The van der Waals surface area contributed by atoms with E-state index < -0.39 is 5.91 Å². The third kappa shape index (κ3) is 2.71. The Hall–Kier alpha value is -2.83. The third-order valence-electron chi connectivity index (χ3n) is 2.41. The van der Waals surface area contributed by atoms with Crippen LogP contribution in [-0.4, -0.2) is 23.2 Å². The van der Waals surface area contributed by atoms with Crippen molar-refractivity contribution in [2.75, 3.05) is 18.2 Å². The zero-order valence-electron chi connectivity index (χ0n) is 10.1. The first kappa shape index (κ1) is 12.6. The zero-order chi connectivity index (χ0) is 13.8. The minimum atomic E-state index is -0.427. The number of aromatic amines is 1. The number of nitrogens with zero attached hydrogens (tertiary/aromatic N) is 1. The molecular weight excluding hydrogens is 248 g/mol. The van der Waals surface area contributed by atoms with Gasteiger partial charge in [-0.3, -0.25) is 9.59 Å². The van der Waals surface area contributed by atoms with Gasteiger partial charge in [-0.1, -0.05) is 6.07 Å². The number of methoxy groups -OCH3 is 1. The Labute approximate surface area is 108 Å². The number of para-hydroxylation sites is 1. The largest absolute Gasteiger partial charge is 0.494 e. The van der Waals surface area contributed by atoms with Gasteiger partial charge < -0.3 is 15.8 Å².